The number of hydrogen-bond acceptors (Lipinski definition) is 5. The van der Waals surface area contributed by atoms with Crippen LogP contribution in [-0.4, -0.2) is 50.1 Å². The zero-order valence-corrected chi connectivity index (χ0v) is 16.2. The first kappa shape index (κ1) is 24.2. The molecule has 1 saturated carbocycles. The molecule has 2 N–H and O–H groups in total. The lowest BCUT2D eigenvalue weighted by atomic mass is 9.86. The highest BCUT2D eigenvalue weighted by Crippen LogP contribution is 2.27. The van der Waals surface area contributed by atoms with Crippen molar-refractivity contribution in [1.29, 1.82) is 0 Å². The van der Waals surface area contributed by atoms with E-state index in [1.54, 1.807) is 0 Å². The number of aromatic nitrogens is 1. The van der Waals surface area contributed by atoms with Crippen LogP contribution in [0.25, 0.3) is 0 Å². The highest BCUT2D eigenvalue weighted by Gasteiger charge is 2.37. The maximum absolute atomic E-state index is 12.3. The molecule has 7 nitrogen and oxygen atoms in total. The van der Waals surface area contributed by atoms with Gasteiger partial charge in [0.2, 0.25) is 21.8 Å². The quantitative estimate of drug-likeness (QED) is 0.606. The Balaban J connectivity index is 1.80. The number of nitrogens with zero attached hydrogens (tertiary/aromatic N) is 1. The van der Waals surface area contributed by atoms with Crippen molar-refractivity contribution < 1.29 is 44.3 Å². The zero-order chi connectivity index (χ0) is 22.6. The molecule has 1 amide bonds. The van der Waals surface area contributed by atoms with Gasteiger partial charge in [0.05, 0.1) is 11.9 Å². The van der Waals surface area contributed by atoms with Gasteiger partial charge >= 0.3 is 12.4 Å². The number of hydrogen-bond donors (Lipinski definition) is 2. The molecule has 14 heteroatoms. The summed E-state index contributed by atoms with van der Waals surface area (Å²) in [4.78, 5) is 15.9. The van der Waals surface area contributed by atoms with Gasteiger partial charge in [-0.05, 0) is 31.7 Å². The largest absolute Gasteiger partial charge is 0.468 e. The van der Waals surface area contributed by atoms with Gasteiger partial charge in [0.15, 0.2) is 12.4 Å². The van der Waals surface area contributed by atoms with Crippen molar-refractivity contribution in [3.05, 3.63) is 18.3 Å². The van der Waals surface area contributed by atoms with Crippen LogP contribution in [0.4, 0.5) is 32.0 Å². The molecule has 0 aliphatic heterocycles. The number of anilines is 1. The van der Waals surface area contributed by atoms with Gasteiger partial charge in [-0.25, -0.2) is 18.1 Å². The summed E-state index contributed by atoms with van der Waals surface area (Å²) in [6, 6.07) is 1.79. The maximum Gasteiger partial charge on any atom is 0.422 e. The normalized spacial score (nSPS) is 20.6. The number of halogens is 6. The monoisotopic (exact) mass is 463 g/mol. The molecule has 30 heavy (non-hydrogen) atoms. The maximum atomic E-state index is 12.3. The molecule has 0 atom stereocenters. The molecule has 1 aliphatic carbocycles. The standard InChI is InChI=1S/C16H19F6N3O4S/c17-15(18,19)8-29-13-6-5-12(7-23-13)24-14(26)10-1-3-11(4-2-10)25-30(27,28)9-16(20,21)22/h5-7,10-11,25H,1-4,8-9H2,(H,24,26). The number of carbonyl (C=O) groups is 1. The van der Waals surface area contributed by atoms with Crippen LogP contribution >= 0.6 is 0 Å². The lowest BCUT2D eigenvalue weighted by Gasteiger charge is -2.28. The van der Waals surface area contributed by atoms with E-state index < -0.39 is 52.6 Å². The summed E-state index contributed by atoms with van der Waals surface area (Å²) in [6.07, 6.45) is -7.33. The van der Waals surface area contributed by atoms with E-state index in [1.807, 2.05) is 4.72 Å². The summed E-state index contributed by atoms with van der Waals surface area (Å²) < 4.78 is 103. The molecule has 1 aliphatic rings. The Morgan fingerprint density at radius 1 is 1.07 bits per heavy atom. The second-order valence-corrected chi connectivity index (χ2v) is 8.57. The Bertz CT molecular complexity index is 819. The Labute approximate surface area is 168 Å². The van der Waals surface area contributed by atoms with E-state index >= 15 is 0 Å². The molecular weight excluding hydrogens is 444 g/mol. The molecule has 170 valence electrons. The number of carbonyl (C=O) groups excluding carboxylic acids is 1. The smallest absolute Gasteiger partial charge is 0.422 e. The first-order valence-electron chi connectivity index (χ1n) is 8.76. The van der Waals surface area contributed by atoms with Crippen LogP contribution in [0.1, 0.15) is 25.7 Å². The zero-order valence-electron chi connectivity index (χ0n) is 15.4. The molecule has 1 fully saturated rings. The van der Waals surface area contributed by atoms with Crippen molar-refractivity contribution >= 4 is 21.6 Å². The van der Waals surface area contributed by atoms with Crippen LogP contribution in [0.5, 0.6) is 5.88 Å². The summed E-state index contributed by atoms with van der Waals surface area (Å²) in [6.45, 7) is -1.50. The van der Waals surface area contributed by atoms with Crippen LogP contribution in [0, 0.1) is 5.92 Å². The molecule has 0 aromatic carbocycles. The fourth-order valence-corrected chi connectivity index (χ4v) is 4.18. The topological polar surface area (TPSA) is 97.4 Å². The van der Waals surface area contributed by atoms with Crippen molar-refractivity contribution in [2.24, 2.45) is 5.92 Å². The van der Waals surface area contributed by atoms with Gasteiger partial charge in [0.25, 0.3) is 0 Å². The number of alkyl halides is 6. The molecule has 0 bridgehead atoms. The van der Waals surface area contributed by atoms with Crippen molar-refractivity contribution in [1.82, 2.24) is 9.71 Å². The van der Waals surface area contributed by atoms with E-state index in [9.17, 15) is 39.6 Å². The molecule has 0 unspecified atom stereocenters. The van der Waals surface area contributed by atoms with E-state index in [1.165, 1.54) is 6.07 Å². The molecule has 0 spiro atoms. The SMILES string of the molecule is O=C(Nc1ccc(OCC(F)(F)F)nc1)C1CCC(NS(=O)(=O)CC(F)(F)F)CC1. The van der Waals surface area contributed by atoms with E-state index in [2.05, 4.69) is 15.0 Å². The van der Waals surface area contributed by atoms with E-state index in [0.717, 1.165) is 12.3 Å². The van der Waals surface area contributed by atoms with Gasteiger partial charge in [-0.2, -0.15) is 26.3 Å². The summed E-state index contributed by atoms with van der Waals surface area (Å²) in [7, 11) is -4.51. The minimum atomic E-state index is -4.84. The fourth-order valence-electron chi connectivity index (χ4n) is 2.92. The van der Waals surface area contributed by atoms with E-state index in [-0.39, 0.29) is 37.3 Å². The molecule has 2 rings (SSSR count). The number of sulfonamides is 1. The number of ether oxygens (including phenoxy) is 1. The fraction of sp³-hybridized carbons (Fsp3) is 0.625. The summed E-state index contributed by atoms with van der Waals surface area (Å²) >= 11 is 0. The Morgan fingerprint density at radius 2 is 1.70 bits per heavy atom. The Kier molecular flexibility index (Phi) is 7.55. The number of pyridine rings is 1. The van der Waals surface area contributed by atoms with Crippen LogP contribution in [-0.2, 0) is 14.8 Å². The number of nitrogens with one attached hydrogen (secondary N) is 2. The van der Waals surface area contributed by atoms with Crippen LogP contribution < -0.4 is 14.8 Å². The van der Waals surface area contributed by atoms with Crippen molar-refractivity contribution in [3.63, 3.8) is 0 Å². The molecule has 0 radical (unpaired) electrons. The van der Waals surface area contributed by atoms with E-state index in [0.29, 0.717) is 0 Å². The average Bonchev–Trinajstić information content (AvgIpc) is 2.58. The van der Waals surface area contributed by atoms with Crippen molar-refractivity contribution in [2.45, 2.75) is 44.1 Å². The van der Waals surface area contributed by atoms with Gasteiger partial charge in [0, 0.05) is 18.0 Å². The van der Waals surface area contributed by atoms with Gasteiger partial charge in [-0.15, -0.1) is 0 Å². The predicted octanol–water partition coefficient (Wildman–Crippen LogP) is 3.00. The lowest BCUT2D eigenvalue weighted by molar-refractivity contribution is -0.154. The highest BCUT2D eigenvalue weighted by atomic mass is 32.2. The van der Waals surface area contributed by atoms with Gasteiger partial charge in [-0.1, -0.05) is 0 Å². The Morgan fingerprint density at radius 3 is 2.20 bits per heavy atom. The summed E-state index contributed by atoms with van der Waals surface area (Å²) in [5.74, 6) is -3.13. The molecular formula is C16H19F6N3O4S. The first-order chi connectivity index (χ1) is 13.7. The molecule has 0 saturated heterocycles. The van der Waals surface area contributed by atoms with Gasteiger partial charge in [-0.3, -0.25) is 4.79 Å². The second-order valence-electron chi connectivity index (χ2n) is 6.82. The average molecular weight is 463 g/mol. The van der Waals surface area contributed by atoms with Crippen molar-refractivity contribution in [2.75, 3.05) is 17.7 Å². The summed E-state index contributed by atoms with van der Waals surface area (Å²) in [5, 5.41) is 2.54. The van der Waals surface area contributed by atoms with Crippen LogP contribution in [0.3, 0.4) is 0 Å². The van der Waals surface area contributed by atoms with Gasteiger partial charge < -0.3 is 10.1 Å². The minimum Gasteiger partial charge on any atom is -0.468 e. The highest BCUT2D eigenvalue weighted by molar-refractivity contribution is 7.89. The van der Waals surface area contributed by atoms with Crippen molar-refractivity contribution in [3.8, 4) is 5.88 Å². The third-order valence-corrected chi connectivity index (χ3v) is 5.59. The number of amides is 1. The molecule has 1 aromatic rings. The number of rotatable bonds is 7. The summed E-state index contributed by atoms with van der Waals surface area (Å²) in [5.41, 5.74) is 0.229. The predicted molar refractivity (Wildman–Crippen MR) is 93.1 cm³/mol. The Hall–Kier alpha value is -2.09. The van der Waals surface area contributed by atoms with Crippen LogP contribution in [0.15, 0.2) is 18.3 Å². The minimum absolute atomic E-state index is 0.192. The third-order valence-electron chi connectivity index (χ3n) is 4.19. The molecule has 1 aromatic heterocycles. The lowest BCUT2D eigenvalue weighted by Crippen LogP contribution is -2.42. The first-order valence-corrected chi connectivity index (χ1v) is 10.4. The van der Waals surface area contributed by atoms with Gasteiger partial charge in [0.1, 0.15) is 0 Å². The second kappa shape index (κ2) is 9.37. The molecule has 1 heterocycles. The third kappa shape index (κ3) is 8.73. The van der Waals surface area contributed by atoms with E-state index in [4.69, 9.17) is 0 Å². The van der Waals surface area contributed by atoms with Crippen LogP contribution in [0.2, 0.25) is 0 Å².